The van der Waals surface area contributed by atoms with E-state index in [9.17, 15) is 9.59 Å². The fourth-order valence-electron chi connectivity index (χ4n) is 2.87. The summed E-state index contributed by atoms with van der Waals surface area (Å²) < 4.78 is 7.03. The van der Waals surface area contributed by atoms with E-state index in [4.69, 9.17) is 4.74 Å². The molecule has 2 aromatic carbocycles. The normalized spacial score (nSPS) is 12.6. The molecule has 0 saturated carbocycles. The number of hydrogen-bond donors (Lipinski definition) is 2. The molecule has 0 unspecified atom stereocenters. The van der Waals surface area contributed by atoms with Gasteiger partial charge in [0.15, 0.2) is 0 Å². The highest BCUT2D eigenvalue weighted by atomic mass is 16.5. The Kier molecular flexibility index (Phi) is 6.63. The monoisotopic (exact) mass is 392 g/mol. The molecule has 7 heteroatoms. The maximum absolute atomic E-state index is 12.7. The summed E-state index contributed by atoms with van der Waals surface area (Å²) >= 11 is 0. The van der Waals surface area contributed by atoms with E-state index in [1.807, 2.05) is 78.5 Å². The molecule has 3 aromatic rings. The van der Waals surface area contributed by atoms with Crippen molar-refractivity contribution in [2.75, 3.05) is 0 Å². The highest BCUT2D eigenvalue weighted by molar-refractivity contribution is 5.85. The van der Waals surface area contributed by atoms with Crippen LogP contribution in [0.5, 0.6) is 0 Å². The van der Waals surface area contributed by atoms with Crippen LogP contribution in [-0.2, 0) is 23.2 Å². The molecule has 150 valence electrons. The standard InChI is InChI=1S/C22H24N4O3/c1-16(24-22(28)29-15-17-9-5-3-6-10-17)21(27)25-19(18-11-7-4-8-12-18)20-23-13-14-26(20)2/h3-14,16,19H,15H2,1-2H3,(H,24,28)(H,25,27)/t16-,19+/m1/s1. The number of carbonyl (C=O) groups excluding carboxylic acids is 2. The van der Waals surface area contributed by atoms with Crippen molar-refractivity contribution < 1.29 is 14.3 Å². The molecule has 0 bridgehead atoms. The number of hydrogen-bond acceptors (Lipinski definition) is 4. The van der Waals surface area contributed by atoms with Crippen molar-refractivity contribution in [3.05, 3.63) is 90.0 Å². The van der Waals surface area contributed by atoms with Gasteiger partial charge in [-0.25, -0.2) is 9.78 Å². The fourth-order valence-corrected chi connectivity index (χ4v) is 2.87. The van der Waals surface area contributed by atoms with Gasteiger partial charge in [0, 0.05) is 19.4 Å². The van der Waals surface area contributed by atoms with E-state index in [-0.39, 0.29) is 12.5 Å². The lowest BCUT2D eigenvalue weighted by Gasteiger charge is -2.22. The Bertz CT molecular complexity index is 941. The van der Waals surface area contributed by atoms with Crippen LogP contribution >= 0.6 is 0 Å². The highest BCUT2D eigenvalue weighted by Gasteiger charge is 2.24. The number of nitrogens with one attached hydrogen (secondary N) is 2. The van der Waals surface area contributed by atoms with E-state index in [1.165, 1.54) is 0 Å². The number of carbonyl (C=O) groups is 2. The number of aromatic nitrogens is 2. The third kappa shape index (κ3) is 5.44. The van der Waals surface area contributed by atoms with E-state index in [1.54, 1.807) is 13.1 Å². The van der Waals surface area contributed by atoms with Crippen LogP contribution in [0, 0.1) is 0 Å². The Morgan fingerprint density at radius 1 is 1.03 bits per heavy atom. The minimum Gasteiger partial charge on any atom is -0.445 e. The SMILES string of the molecule is C[C@@H](NC(=O)OCc1ccccc1)C(=O)N[C@@H](c1ccccc1)c1nccn1C. The number of alkyl carbamates (subject to hydrolysis) is 1. The lowest BCUT2D eigenvalue weighted by atomic mass is 10.1. The van der Waals surface area contributed by atoms with Gasteiger partial charge in [0.2, 0.25) is 5.91 Å². The first kappa shape index (κ1) is 20.1. The first-order valence-electron chi connectivity index (χ1n) is 9.34. The Balaban J connectivity index is 1.61. The van der Waals surface area contributed by atoms with Crippen LogP contribution < -0.4 is 10.6 Å². The molecule has 0 aliphatic carbocycles. The van der Waals surface area contributed by atoms with Crippen LogP contribution in [0.15, 0.2) is 73.1 Å². The van der Waals surface area contributed by atoms with Gasteiger partial charge in [-0.05, 0) is 18.1 Å². The number of imidazole rings is 1. The predicted octanol–water partition coefficient (Wildman–Crippen LogP) is 2.94. The lowest BCUT2D eigenvalue weighted by Crippen LogP contribution is -2.46. The van der Waals surface area contributed by atoms with E-state index >= 15 is 0 Å². The minimum atomic E-state index is -0.773. The smallest absolute Gasteiger partial charge is 0.408 e. The average Bonchev–Trinajstić information content (AvgIpc) is 3.17. The Labute approximate surface area is 169 Å². The molecule has 2 N–H and O–H groups in total. The molecule has 0 aliphatic heterocycles. The zero-order valence-corrected chi connectivity index (χ0v) is 16.4. The van der Waals surface area contributed by atoms with Crippen molar-refractivity contribution in [2.24, 2.45) is 7.05 Å². The molecule has 0 aliphatic rings. The number of benzene rings is 2. The van der Waals surface area contributed by atoms with Crippen molar-refractivity contribution in [1.29, 1.82) is 0 Å². The first-order valence-corrected chi connectivity index (χ1v) is 9.34. The zero-order valence-electron chi connectivity index (χ0n) is 16.4. The molecule has 0 fully saturated rings. The highest BCUT2D eigenvalue weighted by Crippen LogP contribution is 2.20. The van der Waals surface area contributed by atoms with Gasteiger partial charge in [0.05, 0.1) is 0 Å². The molecule has 7 nitrogen and oxygen atoms in total. The van der Waals surface area contributed by atoms with Crippen molar-refractivity contribution in [3.8, 4) is 0 Å². The lowest BCUT2D eigenvalue weighted by molar-refractivity contribution is -0.123. The summed E-state index contributed by atoms with van der Waals surface area (Å²) in [5.41, 5.74) is 1.77. The van der Waals surface area contributed by atoms with Crippen molar-refractivity contribution in [2.45, 2.75) is 25.6 Å². The molecule has 29 heavy (non-hydrogen) atoms. The maximum atomic E-state index is 12.7. The van der Waals surface area contributed by atoms with E-state index in [2.05, 4.69) is 15.6 Å². The van der Waals surface area contributed by atoms with Gasteiger partial charge < -0.3 is 19.9 Å². The molecule has 3 rings (SSSR count). The van der Waals surface area contributed by atoms with Crippen molar-refractivity contribution in [1.82, 2.24) is 20.2 Å². The second-order valence-corrected chi connectivity index (χ2v) is 6.68. The molecular formula is C22H24N4O3. The third-order valence-electron chi connectivity index (χ3n) is 4.48. The third-order valence-corrected chi connectivity index (χ3v) is 4.48. The molecule has 2 amide bonds. The molecule has 0 saturated heterocycles. The van der Waals surface area contributed by atoms with E-state index < -0.39 is 18.2 Å². The quantitative estimate of drug-likeness (QED) is 0.647. The molecule has 0 spiro atoms. The zero-order chi connectivity index (χ0) is 20.6. The summed E-state index contributed by atoms with van der Waals surface area (Å²) in [5, 5.41) is 5.53. The molecular weight excluding hydrogens is 368 g/mol. The Morgan fingerprint density at radius 3 is 2.31 bits per heavy atom. The van der Waals surface area contributed by atoms with Crippen LogP contribution in [0.3, 0.4) is 0 Å². The maximum Gasteiger partial charge on any atom is 0.408 e. The van der Waals surface area contributed by atoms with Gasteiger partial charge in [-0.2, -0.15) is 0 Å². The summed E-state index contributed by atoms with van der Waals surface area (Å²) in [6.45, 7) is 1.75. The van der Waals surface area contributed by atoms with Gasteiger partial charge in [0.1, 0.15) is 24.5 Å². The Hall–Kier alpha value is -3.61. The van der Waals surface area contributed by atoms with Gasteiger partial charge in [-0.1, -0.05) is 60.7 Å². The average molecular weight is 392 g/mol. The molecule has 0 radical (unpaired) electrons. The number of amides is 2. The second-order valence-electron chi connectivity index (χ2n) is 6.68. The molecule has 1 aromatic heterocycles. The Morgan fingerprint density at radius 2 is 1.69 bits per heavy atom. The first-order chi connectivity index (χ1) is 14.0. The van der Waals surface area contributed by atoms with Gasteiger partial charge in [-0.15, -0.1) is 0 Å². The van der Waals surface area contributed by atoms with E-state index in [0.717, 1.165) is 11.1 Å². The van der Waals surface area contributed by atoms with Gasteiger partial charge >= 0.3 is 6.09 Å². The van der Waals surface area contributed by atoms with Gasteiger partial charge in [-0.3, -0.25) is 4.79 Å². The largest absolute Gasteiger partial charge is 0.445 e. The topological polar surface area (TPSA) is 85.2 Å². The molecule has 2 atom stereocenters. The number of rotatable bonds is 7. The van der Waals surface area contributed by atoms with Crippen molar-refractivity contribution >= 4 is 12.0 Å². The van der Waals surface area contributed by atoms with Crippen LogP contribution in [0.2, 0.25) is 0 Å². The summed E-state index contributed by atoms with van der Waals surface area (Å²) in [6.07, 6.45) is 2.85. The fraction of sp³-hybridized carbons (Fsp3) is 0.227. The number of ether oxygens (including phenoxy) is 1. The summed E-state index contributed by atoms with van der Waals surface area (Å²) in [5.74, 6) is 0.363. The minimum absolute atomic E-state index is 0.140. The number of aryl methyl sites for hydroxylation is 1. The van der Waals surface area contributed by atoms with Gasteiger partial charge in [0.25, 0.3) is 0 Å². The van der Waals surface area contributed by atoms with Crippen molar-refractivity contribution in [3.63, 3.8) is 0 Å². The van der Waals surface area contributed by atoms with E-state index in [0.29, 0.717) is 5.82 Å². The predicted molar refractivity (Wildman–Crippen MR) is 109 cm³/mol. The number of nitrogens with zero attached hydrogens (tertiary/aromatic N) is 2. The molecule has 1 heterocycles. The van der Waals surface area contributed by atoms with Crippen LogP contribution in [0.4, 0.5) is 4.79 Å². The summed E-state index contributed by atoms with van der Waals surface area (Å²) in [4.78, 5) is 29.1. The second kappa shape index (κ2) is 9.54. The summed E-state index contributed by atoms with van der Waals surface area (Å²) in [7, 11) is 1.87. The summed E-state index contributed by atoms with van der Waals surface area (Å²) in [6, 6.07) is 17.7. The van der Waals surface area contributed by atoms with Crippen LogP contribution in [0.1, 0.15) is 29.9 Å². The van der Waals surface area contributed by atoms with Crippen LogP contribution in [0.25, 0.3) is 0 Å². The van der Waals surface area contributed by atoms with Crippen LogP contribution in [-0.4, -0.2) is 27.6 Å².